The zero-order chi connectivity index (χ0) is 0. The monoisotopic (exact) mass is 256 g/mol. The minimum atomic E-state index is 0. The second-order valence-electron chi connectivity index (χ2n) is 0. The average molecular weight is 258 g/mol. The molecule has 0 amide bonds. The van der Waals surface area contributed by atoms with Crippen molar-refractivity contribution in [1.82, 2.24) is 0 Å². The van der Waals surface area contributed by atoms with Crippen LogP contribution < -0.4 is 0 Å². The molecule has 0 unspecified atom stereocenters. The first kappa shape index (κ1) is 27.5. The molecule has 4 heteroatoms. The first-order valence-electron chi connectivity index (χ1n) is 0. The van der Waals surface area contributed by atoms with Crippen LogP contribution in [-0.4, -0.2) is 43.2 Å². The third-order valence-electron chi connectivity index (χ3n) is 0. The predicted molar refractivity (Wildman–Crippen MR) is 9.37 cm³/mol. The van der Waals surface area contributed by atoms with Crippen LogP contribution in [0.4, 0.5) is 0 Å². The van der Waals surface area contributed by atoms with Gasteiger partial charge in [-0.25, -0.2) is 0 Å². The van der Waals surface area contributed by atoms with Gasteiger partial charge in [-0.1, -0.05) is 0 Å². The van der Waals surface area contributed by atoms with Crippen molar-refractivity contribution in [2.75, 3.05) is 0 Å². The molecule has 0 aliphatic carbocycles. The van der Waals surface area contributed by atoms with E-state index in [1.165, 1.54) is 0 Å². The second kappa shape index (κ2) is 16.5. The summed E-state index contributed by atoms with van der Waals surface area (Å²) in [6, 6.07) is 0. The van der Waals surface area contributed by atoms with Gasteiger partial charge in [0, 0.05) is 95.6 Å². The molecule has 0 aromatic heterocycles. The largest absolute Gasteiger partial charge is 0.412 e. The van der Waals surface area contributed by atoms with Gasteiger partial charge in [-0.2, -0.15) is 0 Å². The Morgan fingerprint density at radius 2 is 1.00 bits per heavy atom. The Morgan fingerprint density at radius 1 is 1.00 bits per heavy atom. The number of hydrogen-bond acceptors (Lipinski definition) is 0. The third kappa shape index (κ3) is 8.92. The molecule has 0 bridgehead atoms. The molecule has 0 saturated heterocycles. The molecular formula is H2CaFeNdO. The Bertz CT molecular complexity index is 8.00. The summed E-state index contributed by atoms with van der Waals surface area (Å²) >= 11 is 0. The molecule has 0 rings (SSSR count). The molecule has 0 aromatic rings. The van der Waals surface area contributed by atoms with Crippen LogP contribution in [-0.2, 0) is 17.1 Å². The van der Waals surface area contributed by atoms with Crippen LogP contribution in [0.25, 0.3) is 0 Å². The summed E-state index contributed by atoms with van der Waals surface area (Å²) < 4.78 is 0. The van der Waals surface area contributed by atoms with E-state index in [0.717, 1.165) is 0 Å². The standard InChI is InChI=1S/Ca.Fe.Nd.H2O/h;;;1H2. The van der Waals surface area contributed by atoms with E-state index in [1.807, 2.05) is 0 Å². The van der Waals surface area contributed by atoms with E-state index in [1.54, 1.807) is 0 Å². The first-order chi connectivity index (χ1) is 0. The summed E-state index contributed by atoms with van der Waals surface area (Å²) in [6.45, 7) is 0. The Morgan fingerprint density at radius 3 is 1.00 bits per heavy atom. The van der Waals surface area contributed by atoms with Crippen molar-refractivity contribution in [3.8, 4) is 0 Å². The molecule has 0 spiro atoms. The van der Waals surface area contributed by atoms with Gasteiger partial charge >= 0.3 is 0 Å². The number of hydrogen-bond donors (Lipinski definition) is 0. The molecule has 0 aliphatic heterocycles. The second-order valence-corrected chi connectivity index (χ2v) is 0. The smallest absolute Gasteiger partial charge is 0 e. The van der Waals surface area contributed by atoms with Crippen LogP contribution in [0.1, 0.15) is 0 Å². The molecule has 0 heterocycles. The predicted octanol–water partition coefficient (Wildman–Crippen LogP) is -1.21. The van der Waals surface area contributed by atoms with Crippen molar-refractivity contribution < 1.29 is 63.4 Å². The molecule has 0 aromatic carbocycles. The number of rotatable bonds is 0. The summed E-state index contributed by atoms with van der Waals surface area (Å²) in [7, 11) is 0. The molecule has 1 nitrogen and oxygen atoms in total. The van der Waals surface area contributed by atoms with E-state index in [-0.39, 0.29) is 101 Å². The quantitative estimate of drug-likeness (QED) is 0.488. The fourth-order valence-electron chi connectivity index (χ4n) is 0. The van der Waals surface area contributed by atoms with E-state index >= 15 is 0 Å². The summed E-state index contributed by atoms with van der Waals surface area (Å²) in [5, 5.41) is 0. The van der Waals surface area contributed by atoms with Gasteiger partial charge in [0.25, 0.3) is 0 Å². The summed E-state index contributed by atoms with van der Waals surface area (Å²) in [5.41, 5.74) is 0. The van der Waals surface area contributed by atoms with Crippen molar-refractivity contribution in [2.24, 2.45) is 0 Å². The maximum atomic E-state index is 0. The van der Waals surface area contributed by atoms with Gasteiger partial charge in [0.05, 0.1) is 0 Å². The SMILES string of the molecule is O.[Ca].[Fe].[Nd]. The zero-order valence-electron chi connectivity index (χ0n) is 2.06. The normalized spacial score (nSPS) is 0. The molecule has 0 aliphatic rings. The fraction of sp³-hybridized carbons (Fsp3) is 0. The maximum absolute atomic E-state index is 0. The van der Waals surface area contributed by atoms with Gasteiger partial charge in [-0.05, 0) is 0 Å². The topological polar surface area (TPSA) is 31.5 Å². The van der Waals surface area contributed by atoms with Crippen LogP contribution in [0.5, 0.6) is 0 Å². The first-order valence-corrected chi connectivity index (χ1v) is 0. The fourth-order valence-corrected chi connectivity index (χ4v) is 0. The molecule has 2 N–H and O–H groups in total. The van der Waals surface area contributed by atoms with Gasteiger partial charge < -0.3 is 5.48 Å². The van der Waals surface area contributed by atoms with Crippen LogP contribution in [0.3, 0.4) is 0 Å². The maximum Gasteiger partial charge on any atom is 0 e. The van der Waals surface area contributed by atoms with Gasteiger partial charge in [-0.15, -0.1) is 0 Å². The van der Waals surface area contributed by atoms with Crippen molar-refractivity contribution >= 4 is 37.7 Å². The van der Waals surface area contributed by atoms with Gasteiger partial charge in [0.15, 0.2) is 0 Å². The Kier molecular flexibility index (Phi) is 114. The van der Waals surface area contributed by atoms with Gasteiger partial charge in [-0.3, -0.25) is 0 Å². The van der Waals surface area contributed by atoms with Crippen LogP contribution in [0.15, 0.2) is 0 Å². The van der Waals surface area contributed by atoms with Crippen molar-refractivity contribution in [2.45, 2.75) is 0 Å². The van der Waals surface area contributed by atoms with E-state index in [9.17, 15) is 0 Å². The van der Waals surface area contributed by atoms with E-state index in [2.05, 4.69) is 0 Å². The zero-order valence-corrected chi connectivity index (χ0v) is 8.58. The van der Waals surface area contributed by atoms with Crippen molar-refractivity contribution in [3.05, 3.63) is 0 Å². The van der Waals surface area contributed by atoms with Crippen LogP contribution >= 0.6 is 0 Å². The summed E-state index contributed by atoms with van der Waals surface area (Å²) in [6.07, 6.45) is 0. The minimum Gasteiger partial charge on any atom is -0.412 e. The molecule has 2 radical (unpaired) electrons. The molecular weight excluding hydrogens is 256 g/mol. The minimum absolute atomic E-state index is 0. The molecule has 4 heavy (non-hydrogen) atoms. The summed E-state index contributed by atoms with van der Waals surface area (Å²) in [4.78, 5) is 0. The molecule has 22 valence electrons. The Balaban J connectivity index is 0. The Hall–Kier alpha value is 3.09. The van der Waals surface area contributed by atoms with E-state index in [0.29, 0.717) is 0 Å². The van der Waals surface area contributed by atoms with E-state index < -0.39 is 0 Å². The molecule has 0 saturated carbocycles. The van der Waals surface area contributed by atoms with Gasteiger partial charge in [0.1, 0.15) is 0 Å². The van der Waals surface area contributed by atoms with Crippen molar-refractivity contribution in [1.29, 1.82) is 0 Å². The van der Waals surface area contributed by atoms with Crippen LogP contribution in [0.2, 0.25) is 0 Å². The third-order valence-corrected chi connectivity index (χ3v) is 0. The average Bonchev–Trinajstić information content (AvgIpc) is 0. The van der Waals surface area contributed by atoms with E-state index in [4.69, 9.17) is 0 Å². The van der Waals surface area contributed by atoms with Gasteiger partial charge in [0.2, 0.25) is 0 Å². The van der Waals surface area contributed by atoms with Crippen LogP contribution in [0, 0.1) is 40.8 Å². The molecule has 0 fully saturated rings. The molecule has 0 atom stereocenters. The van der Waals surface area contributed by atoms with Crippen molar-refractivity contribution in [3.63, 3.8) is 0 Å². The Labute approximate surface area is 98.6 Å². The summed E-state index contributed by atoms with van der Waals surface area (Å²) in [5.74, 6) is 0.